The predicted molar refractivity (Wildman–Crippen MR) is 98.6 cm³/mol. The Morgan fingerprint density at radius 3 is 2.35 bits per heavy atom. The van der Waals surface area contributed by atoms with Gasteiger partial charge in [0.2, 0.25) is 0 Å². The number of nitrogens with zero attached hydrogens (tertiary/aromatic N) is 1. The number of hydrogen-bond donors (Lipinski definition) is 0. The molecular weight excluding hydrogens is 282 g/mol. The molecule has 0 amide bonds. The van der Waals surface area contributed by atoms with Gasteiger partial charge in [-0.2, -0.15) is 0 Å². The molecule has 0 atom stereocenters. The number of hydrogen-bond acceptors (Lipinski definition) is 2. The SMILES string of the molecule is CCN(/C=C/C=C/C=C/C(=O)c1ccc2ccccc2c1)CC. The van der Waals surface area contributed by atoms with Crippen molar-refractivity contribution < 1.29 is 4.79 Å². The molecule has 0 saturated carbocycles. The van der Waals surface area contributed by atoms with Crippen LogP contribution in [-0.4, -0.2) is 23.8 Å². The van der Waals surface area contributed by atoms with Crippen LogP contribution in [0.15, 0.2) is 79.0 Å². The Bertz CT molecular complexity index is 736. The van der Waals surface area contributed by atoms with Crippen molar-refractivity contribution in [2.24, 2.45) is 0 Å². The average Bonchev–Trinajstić information content (AvgIpc) is 2.60. The minimum Gasteiger partial charge on any atom is -0.378 e. The summed E-state index contributed by atoms with van der Waals surface area (Å²) in [7, 11) is 0. The molecule has 0 spiro atoms. The van der Waals surface area contributed by atoms with Crippen LogP contribution in [0.2, 0.25) is 0 Å². The third kappa shape index (κ3) is 4.96. The quantitative estimate of drug-likeness (QED) is 0.408. The van der Waals surface area contributed by atoms with Crippen LogP contribution in [0.1, 0.15) is 24.2 Å². The second kappa shape index (κ2) is 8.74. The first-order valence-corrected chi connectivity index (χ1v) is 8.03. The van der Waals surface area contributed by atoms with Crippen molar-refractivity contribution in [2.45, 2.75) is 13.8 Å². The smallest absolute Gasteiger partial charge is 0.185 e. The Hall–Kier alpha value is -2.61. The van der Waals surface area contributed by atoms with Gasteiger partial charge in [-0.1, -0.05) is 54.6 Å². The Morgan fingerprint density at radius 1 is 0.913 bits per heavy atom. The first-order chi connectivity index (χ1) is 11.2. The zero-order valence-corrected chi connectivity index (χ0v) is 13.8. The largest absolute Gasteiger partial charge is 0.378 e. The number of benzene rings is 2. The first kappa shape index (κ1) is 16.8. The van der Waals surface area contributed by atoms with Crippen molar-refractivity contribution in [1.29, 1.82) is 0 Å². The van der Waals surface area contributed by atoms with E-state index in [4.69, 9.17) is 0 Å². The molecule has 0 aromatic heterocycles. The van der Waals surface area contributed by atoms with Crippen molar-refractivity contribution in [3.63, 3.8) is 0 Å². The summed E-state index contributed by atoms with van der Waals surface area (Å²) in [6.45, 7) is 6.24. The molecule has 23 heavy (non-hydrogen) atoms. The highest BCUT2D eigenvalue weighted by molar-refractivity contribution is 6.06. The molecule has 0 bridgehead atoms. The average molecular weight is 305 g/mol. The minimum atomic E-state index is 0.0214. The van der Waals surface area contributed by atoms with E-state index in [-0.39, 0.29) is 5.78 Å². The third-order valence-corrected chi connectivity index (χ3v) is 3.72. The van der Waals surface area contributed by atoms with Gasteiger partial charge in [-0.3, -0.25) is 4.79 Å². The van der Waals surface area contributed by atoms with Gasteiger partial charge in [0.15, 0.2) is 5.78 Å². The van der Waals surface area contributed by atoms with Crippen LogP contribution >= 0.6 is 0 Å². The van der Waals surface area contributed by atoms with Crippen molar-refractivity contribution in [3.8, 4) is 0 Å². The first-order valence-electron chi connectivity index (χ1n) is 8.03. The molecule has 2 nitrogen and oxygen atoms in total. The highest BCUT2D eigenvalue weighted by atomic mass is 16.1. The second-order valence-corrected chi connectivity index (χ2v) is 5.23. The molecule has 2 heteroatoms. The highest BCUT2D eigenvalue weighted by Gasteiger charge is 2.02. The maximum absolute atomic E-state index is 12.2. The van der Waals surface area contributed by atoms with E-state index in [0.29, 0.717) is 5.56 Å². The number of ketones is 1. The minimum absolute atomic E-state index is 0.0214. The Labute approximate surface area is 138 Å². The summed E-state index contributed by atoms with van der Waals surface area (Å²) >= 11 is 0. The molecule has 0 fully saturated rings. The highest BCUT2D eigenvalue weighted by Crippen LogP contribution is 2.16. The van der Waals surface area contributed by atoms with E-state index in [1.54, 1.807) is 12.2 Å². The van der Waals surface area contributed by atoms with Crippen LogP contribution in [0.4, 0.5) is 0 Å². The third-order valence-electron chi connectivity index (χ3n) is 3.72. The maximum atomic E-state index is 12.2. The van der Waals surface area contributed by atoms with Crippen LogP contribution in [-0.2, 0) is 0 Å². The van der Waals surface area contributed by atoms with Crippen LogP contribution in [0.5, 0.6) is 0 Å². The monoisotopic (exact) mass is 305 g/mol. The number of carbonyl (C=O) groups is 1. The molecular formula is C21H23NO. The normalized spacial score (nSPS) is 11.9. The molecule has 2 aromatic rings. The van der Waals surface area contributed by atoms with Gasteiger partial charge in [-0.15, -0.1) is 0 Å². The maximum Gasteiger partial charge on any atom is 0.185 e. The van der Waals surface area contributed by atoms with E-state index < -0.39 is 0 Å². The molecule has 2 rings (SSSR count). The fourth-order valence-corrected chi connectivity index (χ4v) is 2.32. The van der Waals surface area contributed by atoms with Crippen molar-refractivity contribution in [3.05, 3.63) is 84.6 Å². The van der Waals surface area contributed by atoms with Crippen molar-refractivity contribution in [1.82, 2.24) is 4.90 Å². The van der Waals surface area contributed by atoms with Gasteiger partial charge in [0, 0.05) is 18.7 Å². The van der Waals surface area contributed by atoms with Gasteiger partial charge in [-0.05, 0) is 49.0 Å². The zero-order valence-electron chi connectivity index (χ0n) is 13.8. The van der Waals surface area contributed by atoms with Crippen molar-refractivity contribution in [2.75, 3.05) is 13.1 Å². The lowest BCUT2D eigenvalue weighted by atomic mass is 10.0. The summed E-state index contributed by atoms with van der Waals surface area (Å²) in [5, 5.41) is 2.24. The Kier molecular flexibility index (Phi) is 6.37. The van der Waals surface area contributed by atoms with Crippen LogP contribution in [0.3, 0.4) is 0 Å². The number of fused-ring (bicyclic) bond motifs is 1. The van der Waals surface area contributed by atoms with E-state index in [1.807, 2.05) is 60.7 Å². The molecule has 0 radical (unpaired) electrons. The van der Waals surface area contributed by atoms with E-state index in [1.165, 1.54) is 0 Å². The summed E-state index contributed by atoms with van der Waals surface area (Å²) in [4.78, 5) is 14.4. The van der Waals surface area contributed by atoms with Gasteiger partial charge < -0.3 is 4.90 Å². The molecule has 118 valence electrons. The second-order valence-electron chi connectivity index (χ2n) is 5.23. The van der Waals surface area contributed by atoms with Gasteiger partial charge in [0.1, 0.15) is 0 Å². The van der Waals surface area contributed by atoms with E-state index in [9.17, 15) is 4.79 Å². The van der Waals surface area contributed by atoms with Crippen LogP contribution in [0, 0.1) is 0 Å². The van der Waals surface area contributed by atoms with Gasteiger partial charge in [0.05, 0.1) is 0 Å². The van der Waals surface area contributed by atoms with Crippen LogP contribution in [0.25, 0.3) is 10.8 Å². The molecule has 0 aliphatic carbocycles. The Morgan fingerprint density at radius 2 is 1.61 bits per heavy atom. The Balaban J connectivity index is 1.97. The van der Waals surface area contributed by atoms with E-state index >= 15 is 0 Å². The summed E-state index contributed by atoms with van der Waals surface area (Å²) in [5.41, 5.74) is 0.715. The predicted octanol–water partition coefficient (Wildman–Crippen LogP) is 4.99. The number of carbonyl (C=O) groups excluding carboxylic acids is 1. The van der Waals surface area contributed by atoms with Crippen molar-refractivity contribution >= 4 is 16.6 Å². The fourth-order valence-electron chi connectivity index (χ4n) is 2.32. The summed E-state index contributed by atoms with van der Waals surface area (Å²) in [6.07, 6.45) is 11.2. The molecule has 0 N–H and O–H groups in total. The molecule has 0 aliphatic rings. The summed E-state index contributed by atoms with van der Waals surface area (Å²) in [5.74, 6) is 0.0214. The standard InChI is InChI=1S/C21H23NO/c1-3-22(4-2)16-10-6-5-7-13-21(23)20-15-14-18-11-8-9-12-19(18)17-20/h5-17H,3-4H2,1-2H3/b6-5+,13-7+,16-10+. The topological polar surface area (TPSA) is 20.3 Å². The molecule has 0 heterocycles. The van der Waals surface area contributed by atoms with Gasteiger partial charge in [-0.25, -0.2) is 0 Å². The van der Waals surface area contributed by atoms with Gasteiger partial charge in [0.25, 0.3) is 0 Å². The van der Waals surface area contributed by atoms with E-state index in [2.05, 4.69) is 24.9 Å². The number of rotatable bonds is 7. The fraction of sp³-hybridized carbons (Fsp3) is 0.190. The molecule has 2 aromatic carbocycles. The summed E-state index contributed by atoms with van der Waals surface area (Å²) < 4.78 is 0. The number of allylic oxidation sites excluding steroid dienone is 5. The molecule has 0 saturated heterocycles. The van der Waals surface area contributed by atoms with Gasteiger partial charge >= 0.3 is 0 Å². The molecule has 0 unspecified atom stereocenters. The lowest BCUT2D eigenvalue weighted by Crippen LogP contribution is -2.14. The lowest BCUT2D eigenvalue weighted by molar-refractivity contribution is 0.104. The zero-order chi connectivity index (χ0) is 16.5. The van der Waals surface area contributed by atoms with Crippen LogP contribution < -0.4 is 0 Å². The molecule has 0 aliphatic heterocycles. The van der Waals surface area contributed by atoms with E-state index in [0.717, 1.165) is 23.9 Å². The summed E-state index contributed by atoms with van der Waals surface area (Å²) in [6, 6.07) is 13.8. The lowest BCUT2D eigenvalue weighted by Gasteiger charge is -2.13.